The number of hydrogen-bond acceptors (Lipinski definition) is 4. The maximum atomic E-state index is 11.5. The fourth-order valence-corrected chi connectivity index (χ4v) is 2.11. The van der Waals surface area contributed by atoms with E-state index in [0.29, 0.717) is 6.42 Å². The second kappa shape index (κ2) is 6.92. The molecule has 0 radical (unpaired) electrons. The van der Waals surface area contributed by atoms with Crippen molar-refractivity contribution < 1.29 is 17.8 Å². The van der Waals surface area contributed by atoms with E-state index in [4.69, 9.17) is 4.55 Å². The lowest BCUT2D eigenvalue weighted by Crippen LogP contribution is -2.38. The summed E-state index contributed by atoms with van der Waals surface area (Å²) >= 11 is 0. The molecule has 1 unspecified atom stereocenters. The topological polar surface area (TPSA) is 83.5 Å². The van der Waals surface area contributed by atoms with Crippen LogP contribution in [-0.2, 0) is 14.9 Å². The van der Waals surface area contributed by atoms with Gasteiger partial charge in [0.15, 0.2) is 11.0 Å². The Bertz CT molecular complexity index is 286. The minimum absolute atomic E-state index is 0.0379. The van der Waals surface area contributed by atoms with Crippen LogP contribution < -0.4 is 5.32 Å². The molecule has 0 aromatic carbocycles. The molecular weight excluding hydrogens is 218 g/mol. The number of hydrogen-bond donors (Lipinski definition) is 2. The van der Waals surface area contributed by atoms with Crippen LogP contribution in [0.25, 0.3) is 0 Å². The molecule has 0 aliphatic heterocycles. The third-order valence-electron chi connectivity index (χ3n) is 2.13. The van der Waals surface area contributed by atoms with Gasteiger partial charge in [-0.25, -0.2) is 0 Å². The first-order valence-electron chi connectivity index (χ1n) is 5.07. The smallest absolute Gasteiger partial charge is 0.276 e. The van der Waals surface area contributed by atoms with Gasteiger partial charge in [0, 0.05) is 13.0 Å². The molecule has 0 heterocycles. The fourth-order valence-electron chi connectivity index (χ4n) is 1.28. The Morgan fingerprint density at radius 3 is 2.40 bits per heavy atom. The summed E-state index contributed by atoms with van der Waals surface area (Å²) in [6.45, 7) is 1.96. The Balaban J connectivity index is 4.31. The quantitative estimate of drug-likeness (QED) is 0.477. The minimum Gasteiger partial charge on any atom is -0.318 e. The van der Waals surface area contributed by atoms with Gasteiger partial charge in [-0.1, -0.05) is 19.8 Å². The van der Waals surface area contributed by atoms with E-state index in [9.17, 15) is 13.2 Å². The fraction of sp³-hybridized carbons (Fsp3) is 0.889. The maximum Gasteiger partial charge on any atom is 0.276 e. The van der Waals surface area contributed by atoms with E-state index in [0.717, 1.165) is 12.8 Å². The van der Waals surface area contributed by atoms with Gasteiger partial charge in [0.25, 0.3) is 10.1 Å². The Labute approximate surface area is 91.0 Å². The highest BCUT2D eigenvalue weighted by Gasteiger charge is 2.29. The van der Waals surface area contributed by atoms with E-state index < -0.39 is 21.2 Å². The van der Waals surface area contributed by atoms with Gasteiger partial charge in [-0.3, -0.25) is 9.35 Å². The van der Waals surface area contributed by atoms with Crippen molar-refractivity contribution in [2.24, 2.45) is 0 Å². The van der Waals surface area contributed by atoms with E-state index >= 15 is 0 Å². The molecule has 0 saturated heterocycles. The van der Waals surface area contributed by atoms with Gasteiger partial charge in [-0.05, 0) is 13.5 Å². The maximum absolute atomic E-state index is 11.5. The molecule has 6 heteroatoms. The number of carbonyl (C=O) groups is 1. The standard InChI is InChI=1S/C9H19NO4S/c1-3-4-5-6-8(11)9(7-10-2)15(12,13)14/h9-10H,3-7H2,1-2H3,(H,12,13,14). The van der Waals surface area contributed by atoms with Crippen molar-refractivity contribution in [3.63, 3.8) is 0 Å². The summed E-state index contributed by atoms with van der Waals surface area (Å²) in [5, 5.41) is 1.27. The molecular formula is C9H19NO4S. The van der Waals surface area contributed by atoms with E-state index in [1.54, 1.807) is 0 Å². The summed E-state index contributed by atoms with van der Waals surface area (Å²) in [4.78, 5) is 11.5. The largest absolute Gasteiger partial charge is 0.318 e. The van der Waals surface area contributed by atoms with Gasteiger partial charge in [-0.2, -0.15) is 8.42 Å². The van der Waals surface area contributed by atoms with Crippen molar-refractivity contribution in [3.8, 4) is 0 Å². The first-order chi connectivity index (χ1) is 6.93. The van der Waals surface area contributed by atoms with Crippen LogP contribution in [-0.4, -0.2) is 37.6 Å². The molecule has 5 nitrogen and oxygen atoms in total. The number of rotatable bonds is 8. The predicted molar refractivity (Wildman–Crippen MR) is 58.4 cm³/mol. The van der Waals surface area contributed by atoms with Crippen LogP contribution >= 0.6 is 0 Å². The first-order valence-corrected chi connectivity index (χ1v) is 6.57. The molecule has 0 aliphatic rings. The van der Waals surface area contributed by atoms with Crippen molar-refractivity contribution in [1.29, 1.82) is 0 Å². The number of carbonyl (C=O) groups excluding carboxylic acids is 1. The molecule has 0 saturated carbocycles. The molecule has 0 bridgehead atoms. The number of unbranched alkanes of at least 4 members (excludes halogenated alkanes) is 2. The van der Waals surface area contributed by atoms with Crippen molar-refractivity contribution >= 4 is 15.9 Å². The monoisotopic (exact) mass is 237 g/mol. The third-order valence-corrected chi connectivity index (χ3v) is 3.28. The summed E-state index contributed by atoms with van der Waals surface area (Å²) in [5.74, 6) is -0.416. The molecule has 90 valence electrons. The average molecular weight is 237 g/mol. The van der Waals surface area contributed by atoms with Gasteiger partial charge in [-0.15, -0.1) is 0 Å². The van der Waals surface area contributed by atoms with Crippen LogP contribution in [0.1, 0.15) is 32.6 Å². The molecule has 0 aliphatic carbocycles. The van der Waals surface area contributed by atoms with Crippen molar-refractivity contribution in [2.45, 2.75) is 37.9 Å². The van der Waals surface area contributed by atoms with E-state index in [2.05, 4.69) is 5.32 Å². The average Bonchev–Trinajstić information content (AvgIpc) is 2.12. The van der Waals surface area contributed by atoms with Crippen LogP contribution in [0.4, 0.5) is 0 Å². The summed E-state index contributed by atoms with van der Waals surface area (Å²) in [6, 6.07) is 0. The normalized spacial score (nSPS) is 13.8. The van der Waals surface area contributed by atoms with Crippen molar-refractivity contribution in [1.82, 2.24) is 5.32 Å². The lowest BCUT2D eigenvalue weighted by molar-refractivity contribution is -0.118. The van der Waals surface area contributed by atoms with Gasteiger partial charge in [0.2, 0.25) is 0 Å². The van der Waals surface area contributed by atoms with Gasteiger partial charge >= 0.3 is 0 Å². The second-order valence-electron chi connectivity index (χ2n) is 3.48. The van der Waals surface area contributed by atoms with Gasteiger partial charge in [0.05, 0.1) is 0 Å². The summed E-state index contributed by atoms with van der Waals surface area (Å²) < 4.78 is 30.6. The van der Waals surface area contributed by atoms with Crippen molar-refractivity contribution in [2.75, 3.05) is 13.6 Å². The number of ketones is 1. The third kappa shape index (κ3) is 5.86. The molecule has 0 aromatic heterocycles. The van der Waals surface area contributed by atoms with Crippen LogP contribution in [0.2, 0.25) is 0 Å². The molecule has 0 fully saturated rings. The van der Waals surface area contributed by atoms with Gasteiger partial charge < -0.3 is 5.32 Å². The zero-order valence-electron chi connectivity index (χ0n) is 9.19. The number of Topliss-reactive ketones (excluding diaryl/α,β-unsaturated/α-hetero) is 1. The van der Waals surface area contributed by atoms with E-state index in [-0.39, 0.29) is 13.0 Å². The Hall–Kier alpha value is -0.460. The lowest BCUT2D eigenvalue weighted by Gasteiger charge is -2.11. The zero-order valence-corrected chi connectivity index (χ0v) is 10.0. The highest BCUT2D eigenvalue weighted by Crippen LogP contribution is 2.07. The summed E-state index contributed by atoms with van der Waals surface area (Å²) in [7, 11) is -2.74. The Morgan fingerprint density at radius 1 is 1.40 bits per heavy atom. The SMILES string of the molecule is CCCCCC(=O)C(CNC)S(=O)(=O)O. The minimum atomic E-state index is -4.28. The highest BCUT2D eigenvalue weighted by atomic mass is 32.2. The lowest BCUT2D eigenvalue weighted by atomic mass is 10.1. The van der Waals surface area contributed by atoms with Crippen LogP contribution in [0.15, 0.2) is 0 Å². The van der Waals surface area contributed by atoms with E-state index in [1.165, 1.54) is 7.05 Å². The van der Waals surface area contributed by atoms with Crippen LogP contribution in [0.3, 0.4) is 0 Å². The Kier molecular flexibility index (Phi) is 6.71. The molecule has 0 rings (SSSR count). The summed E-state index contributed by atoms with van der Waals surface area (Å²) in [6.07, 6.45) is 2.74. The predicted octanol–water partition coefficient (Wildman–Crippen LogP) is 0.612. The zero-order chi connectivity index (χ0) is 11.9. The second-order valence-corrected chi connectivity index (χ2v) is 5.08. The Morgan fingerprint density at radius 2 is 2.00 bits per heavy atom. The van der Waals surface area contributed by atoms with Crippen LogP contribution in [0.5, 0.6) is 0 Å². The first kappa shape index (κ1) is 14.5. The van der Waals surface area contributed by atoms with Crippen molar-refractivity contribution in [3.05, 3.63) is 0 Å². The molecule has 0 spiro atoms. The summed E-state index contributed by atoms with van der Waals surface area (Å²) in [5.41, 5.74) is 0. The number of nitrogens with one attached hydrogen (secondary N) is 1. The van der Waals surface area contributed by atoms with Crippen LogP contribution in [0, 0.1) is 0 Å². The van der Waals surface area contributed by atoms with Gasteiger partial charge in [0.1, 0.15) is 0 Å². The highest BCUT2D eigenvalue weighted by molar-refractivity contribution is 7.87. The molecule has 0 aromatic rings. The molecule has 2 N–H and O–H groups in total. The molecule has 0 amide bonds. The molecule has 1 atom stereocenters. The van der Waals surface area contributed by atoms with E-state index in [1.807, 2.05) is 6.92 Å². The molecule has 15 heavy (non-hydrogen) atoms.